The summed E-state index contributed by atoms with van der Waals surface area (Å²) in [6.07, 6.45) is 0.696. The monoisotopic (exact) mass is 299 g/mol. The number of hydrogen-bond donors (Lipinski definition) is 1. The molecule has 0 aliphatic carbocycles. The van der Waals surface area contributed by atoms with Crippen molar-refractivity contribution in [3.63, 3.8) is 0 Å². The van der Waals surface area contributed by atoms with Crippen LogP contribution in [-0.4, -0.2) is 46.9 Å². The van der Waals surface area contributed by atoms with Gasteiger partial charge >= 0.3 is 11.9 Å². The van der Waals surface area contributed by atoms with Gasteiger partial charge in [-0.3, -0.25) is 19.3 Å². The fourth-order valence-electron chi connectivity index (χ4n) is 2.66. The summed E-state index contributed by atoms with van der Waals surface area (Å²) in [5, 5.41) is 9.27. The van der Waals surface area contributed by atoms with Crippen molar-refractivity contribution in [2.75, 3.05) is 7.11 Å². The lowest BCUT2D eigenvalue weighted by Crippen LogP contribution is -2.47. The summed E-state index contributed by atoms with van der Waals surface area (Å²) >= 11 is 0. The van der Waals surface area contributed by atoms with Gasteiger partial charge in [0.25, 0.3) is 0 Å². The predicted molar refractivity (Wildman–Crippen MR) is 72.2 cm³/mol. The Kier molecular flexibility index (Phi) is 5.46. The van der Waals surface area contributed by atoms with Gasteiger partial charge in [0, 0.05) is 12.8 Å². The number of esters is 1. The Morgan fingerprint density at radius 2 is 1.90 bits per heavy atom. The van der Waals surface area contributed by atoms with Gasteiger partial charge in [0.15, 0.2) is 0 Å². The number of rotatable bonds is 7. The Hall–Kier alpha value is -1.92. The summed E-state index contributed by atoms with van der Waals surface area (Å²) in [6, 6.07) is -1.32. The van der Waals surface area contributed by atoms with Crippen molar-refractivity contribution in [3.05, 3.63) is 0 Å². The summed E-state index contributed by atoms with van der Waals surface area (Å²) in [5.41, 5.74) is -0.809. The lowest BCUT2D eigenvalue weighted by molar-refractivity contribution is -0.157. The number of aliphatic carboxylic acids is 1. The van der Waals surface area contributed by atoms with Gasteiger partial charge in [-0.25, -0.2) is 4.79 Å². The first-order valence-corrected chi connectivity index (χ1v) is 6.99. The normalized spacial score (nSPS) is 18.7. The number of carboxylic acid groups (broad SMARTS) is 1. The van der Waals surface area contributed by atoms with Gasteiger partial charge in [0.05, 0.1) is 12.5 Å². The molecule has 0 spiro atoms. The molecule has 1 fully saturated rings. The minimum absolute atomic E-state index is 0.0286. The van der Waals surface area contributed by atoms with Crippen LogP contribution in [0, 0.1) is 5.41 Å². The van der Waals surface area contributed by atoms with E-state index in [9.17, 15) is 24.3 Å². The first kappa shape index (κ1) is 17.1. The van der Waals surface area contributed by atoms with E-state index in [1.165, 1.54) is 7.11 Å². The minimum Gasteiger partial charge on any atom is -0.480 e. The number of amides is 2. The Balaban J connectivity index is 2.98. The fraction of sp³-hybridized carbons (Fsp3) is 0.714. The molecule has 1 atom stereocenters. The molecule has 21 heavy (non-hydrogen) atoms. The highest BCUT2D eigenvalue weighted by Crippen LogP contribution is 2.40. The van der Waals surface area contributed by atoms with Crippen LogP contribution in [0.5, 0.6) is 0 Å². The van der Waals surface area contributed by atoms with E-state index >= 15 is 0 Å². The highest BCUT2D eigenvalue weighted by molar-refractivity contribution is 6.08. The van der Waals surface area contributed by atoms with Crippen LogP contribution in [0.25, 0.3) is 0 Å². The molecule has 2 amide bonds. The van der Waals surface area contributed by atoms with Crippen molar-refractivity contribution < 1.29 is 29.0 Å². The summed E-state index contributed by atoms with van der Waals surface area (Å²) < 4.78 is 4.46. The Morgan fingerprint density at radius 1 is 1.33 bits per heavy atom. The summed E-state index contributed by atoms with van der Waals surface area (Å²) in [4.78, 5) is 47.9. The van der Waals surface area contributed by atoms with Crippen molar-refractivity contribution in [3.8, 4) is 0 Å². The van der Waals surface area contributed by atoms with E-state index in [0.717, 1.165) is 4.90 Å². The van der Waals surface area contributed by atoms with Crippen molar-refractivity contribution in [1.82, 2.24) is 4.90 Å². The standard InChI is InChI=1S/C14H21NO6/c1-4-14(5-2)8-10(16)15(13(14)20)9(12(18)19)6-7-11(17)21-3/h9H,4-8H2,1-3H3,(H,18,19). The maximum atomic E-state index is 12.5. The number of ether oxygens (including phenoxy) is 1. The second-order valence-electron chi connectivity index (χ2n) is 5.20. The second kappa shape index (κ2) is 6.69. The van der Waals surface area contributed by atoms with Crippen LogP contribution in [0.4, 0.5) is 0 Å². The maximum Gasteiger partial charge on any atom is 0.326 e. The van der Waals surface area contributed by atoms with Crippen LogP contribution < -0.4 is 0 Å². The van der Waals surface area contributed by atoms with Gasteiger partial charge in [-0.1, -0.05) is 13.8 Å². The number of carboxylic acids is 1. The molecule has 1 aliphatic heterocycles. The molecular formula is C14H21NO6. The molecule has 118 valence electrons. The fourth-order valence-corrected chi connectivity index (χ4v) is 2.66. The zero-order chi connectivity index (χ0) is 16.2. The highest BCUT2D eigenvalue weighted by atomic mass is 16.5. The molecule has 0 aromatic rings. The lowest BCUT2D eigenvalue weighted by Gasteiger charge is -2.26. The summed E-state index contributed by atoms with van der Waals surface area (Å²) in [6.45, 7) is 3.62. The molecule has 1 aliphatic rings. The van der Waals surface area contributed by atoms with Crippen molar-refractivity contribution >= 4 is 23.8 Å². The second-order valence-corrected chi connectivity index (χ2v) is 5.20. The SMILES string of the molecule is CCC1(CC)CC(=O)N(C(CCC(=O)OC)C(=O)O)C1=O. The van der Waals surface area contributed by atoms with E-state index in [2.05, 4.69) is 4.74 Å². The van der Waals surface area contributed by atoms with Crippen molar-refractivity contribution in [1.29, 1.82) is 0 Å². The van der Waals surface area contributed by atoms with Crippen LogP contribution in [0.3, 0.4) is 0 Å². The zero-order valence-electron chi connectivity index (χ0n) is 12.5. The Morgan fingerprint density at radius 3 is 2.29 bits per heavy atom. The van der Waals surface area contributed by atoms with E-state index in [1.54, 1.807) is 0 Å². The van der Waals surface area contributed by atoms with Gasteiger partial charge in [-0.2, -0.15) is 0 Å². The van der Waals surface area contributed by atoms with Gasteiger partial charge in [-0.05, 0) is 19.3 Å². The zero-order valence-corrected chi connectivity index (χ0v) is 12.5. The third-order valence-electron chi connectivity index (χ3n) is 4.23. The molecule has 1 rings (SSSR count). The molecule has 0 radical (unpaired) electrons. The van der Waals surface area contributed by atoms with Gasteiger partial charge in [-0.15, -0.1) is 0 Å². The van der Waals surface area contributed by atoms with Gasteiger partial charge in [0.1, 0.15) is 6.04 Å². The first-order valence-electron chi connectivity index (χ1n) is 6.99. The molecule has 0 aromatic carbocycles. The predicted octanol–water partition coefficient (Wildman–Crippen LogP) is 0.958. The molecule has 1 unspecified atom stereocenters. The Bertz CT molecular complexity index is 454. The van der Waals surface area contributed by atoms with Crippen LogP contribution >= 0.6 is 0 Å². The van der Waals surface area contributed by atoms with E-state index in [0.29, 0.717) is 12.8 Å². The number of carbonyl (C=O) groups excluding carboxylic acids is 3. The van der Waals surface area contributed by atoms with E-state index in [1.807, 2.05) is 13.8 Å². The number of likely N-dealkylation sites (tertiary alicyclic amines) is 1. The third-order valence-corrected chi connectivity index (χ3v) is 4.23. The molecule has 0 bridgehead atoms. The maximum absolute atomic E-state index is 12.5. The number of nitrogens with zero attached hydrogens (tertiary/aromatic N) is 1. The first-order chi connectivity index (χ1) is 9.82. The average Bonchev–Trinajstić information content (AvgIpc) is 2.71. The van der Waals surface area contributed by atoms with E-state index < -0.39 is 35.2 Å². The molecule has 1 saturated heterocycles. The quantitative estimate of drug-likeness (QED) is 0.555. The molecule has 0 saturated carbocycles. The molecule has 0 aromatic heterocycles. The summed E-state index contributed by atoms with van der Waals surface area (Å²) in [5.74, 6) is -2.79. The largest absolute Gasteiger partial charge is 0.480 e. The van der Waals surface area contributed by atoms with Crippen molar-refractivity contribution in [2.24, 2.45) is 5.41 Å². The third kappa shape index (κ3) is 3.22. The van der Waals surface area contributed by atoms with Gasteiger partial charge in [0.2, 0.25) is 11.8 Å². The number of carbonyl (C=O) groups is 4. The molecule has 1 N–H and O–H groups in total. The molecule has 7 nitrogen and oxygen atoms in total. The molecule has 7 heteroatoms. The van der Waals surface area contributed by atoms with Crippen LogP contribution in [0.15, 0.2) is 0 Å². The minimum atomic E-state index is -1.32. The van der Waals surface area contributed by atoms with E-state index in [-0.39, 0.29) is 19.3 Å². The highest BCUT2D eigenvalue weighted by Gasteiger charge is 2.52. The molecular weight excluding hydrogens is 278 g/mol. The van der Waals surface area contributed by atoms with Crippen LogP contribution in [0.1, 0.15) is 46.0 Å². The lowest BCUT2D eigenvalue weighted by atomic mass is 9.81. The summed E-state index contributed by atoms with van der Waals surface area (Å²) in [7, 11) is 1.20. The molecule has 1 heterocycles. The van der Waals surface area contributed by atoms with Crippen LogP contribution in [0.2, 0.25) is 0 Å². The topological polar surface area (TPSA) is 101 Å². The van der Waals surface area contributed by atoms with Gasteiger partial charge < -0.3 is 9.84 Å². The Labute approximate surface area is 123 Å². The average molecular weight is 299 g/mol. The number of hydrogen-bond acceptors (Lipinski definition) is 5. The van der Waals surface area contributed by atoms with Crippen molar-refractivity contribution in [2.45, 2.75) is 52.0 Å². The van der Waals surface area contributed by atoms with E-state index in [4.69, 9.17) is 0 Å². The van der Waals surface area contributed by atoms with Crippen LogP contribution in [-0.2, 0) is 23.9 Å². The smallest absolute Gasteiger partial charge is 0.326 e. The number of imide groups is 1. The number of methoxy groups -OCH3 is 1.